The average molecular weight is 590 g/mol. The zero-order chi connectivity index (χ0) is 30.0. The molecule has 220 valence electrons. The molecule has 1 aromatic heterocycles. The van der Waals surface area contributed by atoms with E-state index < -0.39 is 0 Å². The van der Waals surface area contributed by atoms with Gasteiger partial charge in [-0.25, -0.2) is 0 Å². The molecular formula is C45H35N. The molecule has 12 rings (SSSR count). The molecule has 1 heterocycles. The molecule has 0 saturated heterocycles. The molecule has 5 aliphatic rings. The molecule has 5 aliphatic carbocycles. The van der Waals surface area contributed by atoms with Crippen molar-refractivity contribution in [3.8, 4) is 39.1 Å². The third-order valence-electron chi connectivity index (χ3n) is 12.6. The van der Waals surface area contributed by atoms with Crippen LogP contribution in [0.5, 0.6) is 0 Å². The monoisotopic (exact) mass is 589 g/mol. The van der Waals surface area contributed by atoms with Crippen molar-refractivity contribution >= 4 is 21.8 Å². The summed E-state index contributed by atoms with van der Waals surface area (Å²) in [7, 11) is 0. The second-order valence-corrected chi connectivity index (χ2v) is 14.5. The summed E-state index contributed by atoms with van der Waals surface area (Å²) in [4.78, 5) is 0. The van der Waals surface area contributed by atoms with Gasteiger partial charge in [-0.05, 0) is 118 Å². The second kappa shape index (κ2) is 9.10. The van der Waals surface area contributed by atoms with Gasteiger partial charge in [-0.2, -0.15) is 0 Å². The lowest BCUT2D eigenvalue weighted by atomic mass is 9.59. The maximum absolute atomic E-state index is 2.51. The van der Waals surface area contributed by atoms with E-state index in [9.17, 15) is 0 Å². The SMILES string of the molecule is c1ccc(-c2cccc(-n3c4ccccc4c4ccc(-c5cccc6c5-c5ccccc5C65C6CC7CC(C6)C5C7)cc43)c2)cc1. The smallest absolute Gasteiger partial charge is 0.0547 e. The van der Waals surface area contributed by atoms with Crippen molar-refractivity contribution in [3.63, 3.8) is 0 Å². The summed E-state index contributed by atoms with van der Waals surface area (Å²) in [5.41, 5.74) is 15.3. The van der Waals surface area contributed by atoms with Crippen molar-refractivity contribution in [2.45, 2.75) is 31.1 Å². The largest absolute Gasteiger partial charge is 0.309 e. The van der Waals surface area contributed by atoms with Crippen LogP contribution in [0, 0.1) is 23.7 Å². The Morgan fingerprint density at radius 3 is 2.20 bits per heavy atom. The van der Waals surface area contributed by atoms with Crippen LogP contribution in [0.4, 0.5) is 0 Å². The molecule has 0 aliphatic heterocycles. The third kappa shape index (κ3) is 3.16. The summed E-state index contributed by atoms with van der Waals surface area (Å²) in [6.07, 6.45) is 5.73. The predicted molar refractivity (Wildman–Crippen MR) is 190 cm³/mol. The molecule has 1 nitrogen and oxygen atoms in total. The molecule has 4 fully saturated rings. The van der Waals surface area contributed by atoms with E-state index in [-0.39, 0.29) is 5.41 Å². The second-order valence-electron chi connectivity index (χ2n) is 14.5. The van der Waals surface area contributed by atoms with Crippen molar-refractivity contribution in [3.05, 3.63) is 151 Å². The molecule has 0 N–H and O–H groups in total. The first-order chi connectivity index (χ1) is 22.8. The zero-order valence-electron chi connectivity index (χ0n) is 25.9. The van der Waals surface area contributed by atoms with Gasteiger partial charge >= 0.3 is 0 Å². The minimum atomic E-state index is 0.205. The van der Waals surface area contributed by atoms with Gasteiger partial charge < -0.3 is 4.57 Å². The van der Waals surface area contributed by atoms with Gasteiger partial charge in [0.1, 0.15) is 0 Å². The zero-order valence-corrected chi connectivity index (χ0v) is 25.9. The number of fused-ring (bicyclic) bond motifs is 6. The van der Waals surface area contributed by atoms with Crippen LogP contribution in [-0.4, -0.2) is 4.57 Å². The Hall–Kier alpha value is -4.88. The van der Waals surface area contributed by atoms with Gasteiger partial charge in [0.05, 0.1) is 11.0 Å². The Morgan fingerprint density at radius 2 is 1.26 bits per heavy atom. The number of benzene rings is 6. The van der Waals surface area contributed by atoms with Gasteiger partial charge in [-0.15, -0.1) is 0 Å². The van der Waals surface area contributed by atoms with E-state index in [1.54, 1.807) is 11.1 Å². The highest BCUT2D eigenvalue weighted by molar-refractivity contribution is 6.10. The van der Waals surface area contributed by atoms with Crippen molar-refractivity contribution in [1.29, 1.82) is 0 Å². The Balaban J connectivity index is 1.15. The Morgan fingerprint density at radius 1 is 0.500 bits per heavy atom. The van der Waals surface area contributed by atoms with Crippen LogP contribution in [0.1, 0.15) is 36.8 Å². The third-order valence-corrected chi connectivity index (χ3v) is 12.6. The average Bonchev–Trinajstić information content (AvgIpc) is 3.78. The topological polar surface area (TPSA) is 4.93 Å². The summed E-state index contributed by atoms with van der Waals surface area (Å²) in [6.45, 7) is 0. The fraction of sp³-hybridized carbons (Fsp3) is 0.200. The Bertz CT molecular complexity index is 2360. The van der Waals surface area contributed by atoms with E-state index in [0.717, 1.165) is 23.7 Å². The number of hydrogen-bond donors (Lipinski definition) is 0. The molecule has 0 radical (unpaired) electrons. The van der Waals surface area contributed by atoms with E-state index in [0.29, 0.717) is 0 Å². The van der Waals surface area contributed by atoms with Crippen LogP contribution in [0.15, 0.2) is 140 Å². The number of aromatic nitrogens is 1. The molecule has 6 aromatic carbocycles. The van der Waals surface area contributed by atoms with Crippen molar-refractivity contribution < 1.29 is 0 Å². The summed E-state index contributed by atoms with van der Waals surface area (Å²) < 4.78 is 2.48. The van der Waals surface area contributed by atoms with E-state index in [2.05, 4.69) is 144 Å². The van der Waals surface area contributed by atoms with Gasteiger partial charge in [0.25, 0.3) is 0 Å². The maximum atomic E-state index is 2.51. The number of para-hydroxylation sites is 1. The van der Waals surface area contributed by atoms with E-state index in [1.807, 2.05) is 0 Å². The summed E-state index contributed by atoms with van der Waals surface area (Å²) in [5, 5.41) is 2.61. The van der Waals surface area contributed by atoms with Gasteiger partial charge in [0.2, 0.25) is 0 Å². The highest BCUT2D eigenvalue weighted by atomic mass is 15.0. The molecule has 4 saturated carbocycles. The fourth-order valence-electron chi connectivity index (χ4n) is 11.1. The van der Waals surface area contributed by atoms with Crippen LogP contribution in [-0.2, 0) is 5.41 Å². The summed E-state index contributed by atoms with van der Waals surface area (Å²) >= 11 is 0. The first kappa shape index (κ1) is 25.3. The summed E-state index contributed by atoms with van der Waals surface area (Å²) in [6, 6.07) is 52.6. The molecule has 0 amide bonds. The minimum absolute atomic E-state index is 0.205. The van der Waals surface area contributed by atoms with E-state index in [4.69, 9.17) is 0 Å². The Kier molecular flexibility index (Phi) is 5.01. The van der Waals surface area contributed by atoms with Crippen LogP contribution in [0.25, 0.3) is 60.9 Å². The van der Waals surface area contributed by atoms with E-state index in [1.165, 1.54) is 86.6 Å². The fourth-order valence-corrected chi connectivity index (χ4v) is 11.1. The predicted octanol–water partition coefficient (Wildman–Crippen LogP) is 11.5. The lowest BCUT2D eigenvalue weighted by molar-refractivity contribution is 0.191. The van der Waals surface area contributed by atoms with Gasteiger partial charge in [0, 0.05) is 21.9 Å². The molecule has 4 bridgehead atoms. The van der Waals surface area contributed by atoms with Gasteiger partial charge in [-0.3, -0.25) is 0 Å². The normalized spacial score (nSPS) is 25.1. The minimum Gasteiger partial charge on any atom is -0.309 e. The van der Waals surface area contributed by atoms with E-state index >= 15 is 0 Å². The highest BCUT2D eigenvalue weighted by Gasteiger charge is 2.66. The van der Waals surface area contributed by atoms with Crippen LogP contribution >= 0.6 is 0 Å². The highest BCUT2D eigenvalue weighted by Crippen LogP contribution is 2.73. The molecule has 5 atom stereocenters. The maximum Gasteiger partial charge on any atom is 0.0547 e. The van der Waals surface area contributed by atoms with Crippen molar-refractivity contribution in [2.24, 2.45) is 23.7 Å². The Labute approximate surface area is 270 Å². The summed E-state index contributed by atoms with van der Waals surface area (Å²) in [5.74, 6) is 3.46. The van der Waals surface area contributed by atoms with Crippen LogP contribution in [0.2, 0.25) is 0 Å². The standard InChI is InChI=1S/C45H35N/c1-2-10-29(11-3-1)30-12-8-13-34(26-30)46-42-19-7-5-14-36(42)37-21-20-31(27-43(37)46)35-16-9-18-40-44(35)38-15-4-6-17-39(38)45(40)33-23-28-22-32(25-33)41(45)24-28/h1-21,26-28,32-33,41H,22-25H2. The van der Waals surface area contributed by atoms with Gasteiger partial charge in [-0.1, -0.05) is 115 Å². The number of rotatable bonds is 3. The molecule has 1 heteroatoms. The molecule has 1 spiro atoms. The first-order valence-electron chi connectivity index (χ1n) is 17.2. The lowest BCUT2D eigenvalue weighted by Crippen LogP contribution is -2.40. The quantitative estimate of drug-likeness (QED) is 0.193. The van der Waals surface area contributed by atoms with Gasteiger partial charge in [0.15, 0.2) is 0 Å². The molecule has 7 aromatic rings. The molecule has 46 heavy (non-hydrogen) atoms. The van der Waals surface area contributed by atoms with Crippen LogP contribution < -0.4 is 0 Å². The van der Waals surface area contributed by atoms with Crippen LogP contribution in [0.3, 0.4) is 0 Å². The molecular weight excluding hydrogens is 555 g/mol. The number of nitrogens with zero attached hydrogens (tertiary/aromatic N) is 1. The van der Waals surface area contributed by atoms with Crippen molar-refractivity contribution in [2.75, 3.05) is 0 Å². The number of hydrogen-bond acceptors (Lipinski definition) is 0. The van der Waals surface area contributed by atoms with Crippen molar-refractivity contribution in [1.82, 2.24) is 4.57 Å². The first-order valence-corrected chi connectivity index (χ1v) is 17.2. The molecule has 5 unspecified atom stereocenters. The lowest BCUT2D eigenvalue weighted by Gasteiger charge is -2.43.